The number of rotatable bonds is 5. The van der Waals surface area contributed by atoms with Crippen molar-refractivity contribution in [2.75, 3.05) is 20.6 Å². The van der Waals surface area contributed by atoms with Crippen LogP contribution >= 0.6 is 12.1 Å². The summed E-state index contributed by atoms with van der Waals surface area (Å²) in [4.78, 5) is 71.0. The van der Waals surface area contributed by atoms with E-state index in [-0.39, 0.29) is 24.8 Å². The number of nitrogens with one attached hydrogen (secondary N) is 3. The van der Waals surface area contributed by atoms with Crippen LogP contribution < -0.4 is 15.4 Å². The first-order valence-corrected chi connectivity index (χ1v) is 17.5. The third kappa shape index (κ3) is 8.62. The molecule has 5 atom stereocenters. The van der Waals surface area contributed by atoms with Gasteiger partial charge in [-0.15, -0.1) is 0 Å². The Morgan fingerprint density at radius 2 is 1.77 bits per heavy atom. The fourth-order valence-corrected chi connectivity index (χ4v) is 6.97. The van der Waals surface area contributed by atoms with Gasteiger partial charge in [-0.2, -0.15) is 0 Å². The zero-order valence-electron chi connectivity index (χ0n) is 28.5. The normalized spacial score (nSPS) is 28.2. The molecule has 1 saturated carbocycles. The number of fused-ring (bicyclic) bond motifs is 3. The lowest BCUT2D eigenvalue weighted by atomic mass is 10.0. The number of hydrogen-bond acceptors (Lipinski definition) is 9. The maximum atomic E-state index is 14.3. The number of nitrogens with zero attached hydrogens (tertiary/aromatic N) is 3. The topological polar surface area (TPSA) is 150 Å². The van der Waals surface area contributed by atoms with Gasteiger partial charge in [-0.25, -0.2) is 13.9 Å². The minimum Gasteiger partial charge on any atom is -0.444 e. The Labute approximate surface area is 286 Å². The molecule has 262 valence electrons. The van der Waals surface area contributed by atoms with E-state index in [0.717, 1.165) is 42.5 Å². The van der Waals surface area contributed by atoms with Crippen LogP contribution in [0.5, 0.6) is 0 Å². The van der Waals surface area contributed by atoms with Gasteiger partial charge >= 0.3 is 12.2 Å². The van der Waals surface area contributed by atoms with Crippen LogP contribution in [0.15, 0.2) is 36.4 Å². The van der Waals surface area contributed by atoms with Gasteiger partial charge in [0.05, 0.1) is 6.54 Å². The van der Waals surface area contributed by atoms with Crippen molar-refractivity contribution in [1.29, 1.82) is 0 Å². The highest BCUT2D eigenvalue weighted by molar-refractivity contribution is 7.95. The molecule has 5 rings (SSSR count). The van der Waals surface area contributed by atoms with Crippen LogP contribution in [0.25, 0.3) is 0 Å². The summed E-state index contributed by atoms with van der Waals surface area (Å²) in [6.45, 7) is 6.01. The number of hydrogen-bond donors (Lipinski definition) is 3. The Bertz CT molecular complexity index is 1410. The molecule has 1 aliphatic carbocycles. The van der Waals surface area contributed by atoms with Gasteiger partial charge < -0.3 is 25.0 Å². The molecule has 1 aromatic carbocycles. The Hall–Kier alpha value is -3.78. The van der Waals surface area contributed by atoms with Gasteiger partial charge in [0.2, 0.25) is 11.8 Å². The summed E-state index contributed by atoms with van der Waals surface area (Å²) < 4.78 is 16.0. The molecule has 4 aliphatic rings. The number of allylic oxidation sites excluding steroid dienone is 1. The summed E-state index contributed by atoms with van der Waals surface area (Å²) >= 11 is 1.12. The minimum absolute atomic E-state index is 0.0328. The van der Waals surface area contributed by atoms with Gasteiger partial charge in [0.25, 0.3) is 5.91 Å². The molecule has 3 aliphatic heterocycles. The average molecular weight is 685 g/mol. The number of benzene rings is 1. The van der Waals surface area contributed by atoms with Gasteiger partial charge in [-0.3, -0.25) is 24.0 Å². The predicted octanol–water partition coefficient (Wildman–Crippen LogP) is 3.64. The van der Waals surface area contributed by atoms with E-state index in [2.05, 4.69) is 15.4 Å². The molecule has 0 spiro atoms. The van der Waals surface area contributed by atoms with Crippen molar-refractivity contribution in [3.8, 4) is 0 Å². The van der Waals surface area contributed by atoms with Crippen LogP contribution in [0, 0.1) is 5.92 Å². The van der Waals surface area contributed by atoms with E-state index in [1.165, 1.54) is 4.90 Å². The number of ether oxygens (including phenoxy) is 2. The zero-order valence-corrected chi connectivity index (χ0v) is 29.3. The summed E-state index contributed by atoms with van der Waals surface area (Å²) in [5.41, 5.74) is 0.145. The molecule has 0 unspecified atom stereocenters. The summed E-state index contributed by atoms with van der Waals surface area (Å²) in [6, 6.07) is 5.80. The number of amides is 5. The number of carbonyl (C=O) groups is 5. The highest BCUT2D eigenvalue weighted by Crippen LogP contribution is 2.46. The molecule has 2 fully saturated rings. The molecule has 14 heteroatoms. The second kappa shape index (κ2) is 14.8. The number of alkyl carbamates (subject to hydrolysis) is 1. The molecule has 1 saturated heterocycles. The number of carbonyl (C=O) groups excluding carboxylic acids is 5. The first kappa shape index (κ1) is 35.5. The maximum absolute atomic E-state index is 14.3. The van der Waals surface area contributed by atoms with Crippen molar-refractivity contribution in [3.63, 3.8) is 0 Å². The third-order valence-electron chi connectivity index (χ3n) is 9.02. The smallest absolute Gasteiger partial charge is 0.410 e. The standard InChI is InChI=1S/C34H48N6O7S/c1-33(2,3)47-31(44)35-26-16-10-8-6-7-9-15-24-18-34(24,30(43)37-48-38(4)5)36-28(41)27-17-25(21-40(27)29(26)42)46-32(45)39-19-22-13-11-12-14-23(22)20-39/h9,11-15,24-27H,6-8,10,16-21H2,1-5H3,(H,35,44)(H,36,41)(H,37,43)/b15-9-/t24-,25-,26+,27+,34-/m1/s1. The molecule has 0 radical (unpaired) electrons. The zero-order chi connectivity index (χ0) is 34.6. The van der Waals surface area contributed by atoms with Crippen LogP contribution in [-0.4, -0.2) is 94.0 Å². The lowest BCUT2D eigenvalue weighted by molar-refractivity contribution is -0.141. The quantitative estimate of drug-likeness (QED) is 0.312. The SMILES string of the molecule is CN(C)SNC(=O)[C@@]12C[C@H]1/C=C\CCCCC[C@H](NC(=O)OC(C)(C)C)C(=O)N1C[C@H](OC(=O)N3Cc4ccccc4C3)C[C@H]1C(=O)N2. The molecule has 5 amide bonds. The Kier molecular flexibility index (Phi) is 10.9. The van der Waals surface area contributed by atoms with Crippen molar-refractivity contribution >= 4 is 42.0 Å². The average Bonchev–Trinajstić information content (AvgIpc) is 3.33. The van der Waals surface area contributed by atoms with Crippen LogP contribution in [0.1, 0.15) is 76.8 Å². The third-order valence-corrected chi connectivity index (χ3v) is 9.66. The lowest BCUT2D eigenvalue weighted by Crippen LogP contribution is -2.57. The Morgan fingerprint density at radius 3 is 2.44 bits per heavy atom. The van der Waals surface area contributed by atoms with Gasteiger partial charge in [0.15, 0.2) is 0 Å². The first-order valence-electron chi connectivity index (χ1n) is 16.7. The predicted molar refractivity (Wildman–Crippen MR) is 180 cm³/mol. The summed E-state index contributed by atoms with van der Waals surface area (Å²) in [6.07, 6.45) is 5.96. The van der Waals surface area contributed by atoms with E-state index in [1.54, 1.807) is 44.1 Å². The Morgan fingerprint density at radius 1 is 1.06 bits per heavy atom. The minimum atomic E-state index is -1.17. The fourth-order valence-electron chi connectivity index (χ4n) is 6.52. The molecule has 3 N–H and O–H groups in total. The second-order valence-electron chi connectivity index (χ2n) is 14.2. The van der Waals surface area contributed by atoms with Crippen molar-refractivity contribution < 1.29 is 33.4 Å². The van der Waals surface area contributed by atoms with Crippen molar-refractivity contribution in [3.05, 3.63) is 47.5 Å². The second-order valence-corrected chi connectivity index (χ2v) is 15.4. The van der Waals surface area contributed by atoms with Crippen molar-refractivity contribution in [2.45, 2.75) is 108 Å². The van der Waals surface area contributed by atoms with E-state index >= 15 is 0 Å². The lowest BCUT2D eigenvalue weighted by Gasteiger charge is -2.30. The highest BCUT2D eigenvalue weighted by Gasteiger charge is 2.61. The fraction of sp³-hybridized carbons (Fsp3) is 0.618. The first-order chi connectivity index (χ1) is 22.8. The van der Waals surface area contributed by atoms with Crippen LogP contribution in [0.2, 0.25) is 0 Å². The van der Waals surface area contributed by atoms with E-state index in [9.17, 15) is 24.0 Å². The monoisotopic (exact) mass is 684 g/mol. The van der Waals surface area contributed by atoms with Gasteiger partial charge in [0.1, 0.15) is 29.3 Å². The molecule has 48 heavy (non-hydrogen) atoms. The van der Waals surface area contributed by atoms with Crippen LogP contribution in [-0.2, 0) is 36.9 Å². The molecule has 0 bridgehead atoms. The maximum Gasteiger partial charge on any atom is 0.410 e. The van der Waals surface area contributed by atoms with Crippen LogP contribution in [0.4, 0.5) is 9.59 Å². The van der Waals surface area contributed by atoms with E-state index < -0.39 is 53.3 Å². The van der Waals surface area contributed by atoms with Gasteiger partial charge in [-0.1, -0.05) is 49.3 Å². The van der Waals surface area contributed by atoms with Crippen molar-refractivity contribution in [2.24, 2.45) is 5.92 Å². The Balaban J connectivity index is 1.38. The molecular formula is C34H48N6O7S. The molecule has 0 aromatic heterocycles. The molecule has 3 heterocycles. The van der Waals surface area contributed by atoms with Crippen molar-refractivity contribution in [1.82, 2.24) is 29.5 Å². The molecule has 1 aromatic rings. The van der Waals surface area contributed by atoms with Crippen LogP contribution in [0.3, 0.4) is 0 Å². The van der Waals surface area contributed by atoms with E-state index in [0.29, 0.717) is 32.4 Å². The summed E-state index contributed by atoms with van der Waals surface area (Å²) in [5, 5.41) is 5.73. The van der Waals surface area contributed by atoms with Gasteiger partial charge in [-0.05, 0) is 71.7 Å². The molecular weight excluding hydrogens is 636 g/mol. The van der Waals surface area contributed by atoms with E-state index in [1.807, 2.05) is 36.4 Å². The molecule has 13 nitrogen and oxygen atoms in total. The highest BCUT2D eigenvalue weighted by atomic mass is 32.2. The summed E-state index contributed by atoms with van der Waals surface area (Å²) in [7, 11) is 3.60. The van der Waals surface area contributed by atoms with Gasteiger partial charge in [0, 0.05) is 37.6 Å². The largest absolute Gasteiger partial charge is 0.444 e. The van der Waals surface area contributed by atoms with E-state index in [4.69, 9.17) is 9.47 Å². The summed E-state index contributed by atoms with van der Waals surface area (Å²) in [5.74, 6) is -1.50.